The van der Waals surface area contributed by atoms with Crippen LogP contribution in [0.4, 0.5) is 10.5 Å². The van der Waals surface area contributed by atoms with E-state index in [0.717, 1.165) is 45.8 Å². The van der Waals surface area contributed by atoms with Gasteiger partial charge in [0.1, 0.15) is 5.75 Å². The zero-order valence-corrected chi connectivity index (χ0v) is 18.5. The van der Waals surface area contributed by atoms with Crippen LogP contribution >= 0.6 is 0 Å². The van der Waals surface area contributed by atoms with Gasteiger partial charge in [-0.3, -0.25) is 9.69 Å². The van der Waals surface area contributed by atoms with Crippen LogP contribution in [0.3, 0.4) is 0 Å². The summed E-state index contributed by atoms with van der Waals surface area (Å²) in [5.41, 5.74) is 0.694. The predicted molar refractivity (Wildman–Crippen MR) is 118 cm³/mol. The van der Waals surface area contributed by atoms with E-state index in [4.69, 9.17) is 9.47 Å². The van der Waals surface area contributed by atoms with Crippen molar-refractivity contribution in [3.05, 3.63) is 24.3 Å². The largest absolute Gasteiger partial charge is 0.497 e. The second-order valence-corrected chi connectivity index (χ2v) is 8.92. The van der Waals surface area contributed by atoms with Gasteiger partial charge in [0.05, 0.1) is 20.3 Å². The predicted octanol–water partition coefficient (Wildman–Crippen LogP) is 2.02. The van der Waals surface area contributed by atoms with Gasteiger partial charge in [0.15, 0.2) is 0 Å². The Labute approximate surface area is 184 Å². The van der Waals surface area contributed by atoms with E-state index in [1.165, 1.54) is 0 Å². The fourth-order valence-electron chi connectivity index (χ4n) is 5.39. The number of carbonyl (C=O) groups is 2. The van der Waals surface area contributed by atoms with Crippen LogP contribution in [0.25, 0.3) is 0 Å². The summed E-state index contributed by atoms with van der Waals surface area (Å²) in [6.07, 6.45) is 1.62. The molecule has 3 amide bonds. The number of anilines is 1. The van der Waals surface area contributed by atoms with Gasteiger partial charge in [-0.25, -0.2) is 4.79 Å². The third-order valence-corrected chi connectivity index (χ3v) is 7.11. The highest BCUT2D eigenvalue weighted by Crippen LogP contribution is 2.45. The molecule has 0 aromatic heterocycles. The molecule has 8 nitrogen and oxygen atoms in total. The number of carbonyl (C=O) groups excluding carboxylic acids is 2. The van der Waals surface area contributed by atoms with Crippen molar-refractivity contribution in [3.63, 3.8) is 0 Å². The van der Waals surface area contributed by atoms with Gasteiger partial charge < -0.3 is 25.0 Å². The summed E-state index contributed by atoms with van der Waals surface area (Å²) >= 11 is 0. The van der Waals surface area contributed by atoms with Gasteiger partial charge in [-0.15, -0.1) is 0 Å². The first kappa shape index (κ1) is 21.9. The lowest BCUT2D eigenvalue weighted by Crippen LogP contribution is -2.44. The number of ether oxygens (including phenoxy) is 2. The van der Waals surface area contributed by atoms with E-state index < -0.39 is 0 Å². The van der Waals surface area contributed by atoms with E-state index in [-0.39, 0.29) is 11.9 Å². The van der Waals surface area contributed by atoms with E-state index >= 15 is 0 Å². The van der Waals surface area contributed by atoms with E-state index in [0.29, 0.717) is 48.2 Å². The Hall–Kier alpha value is -2.32. The number of fused-ring (bicyclic) bond motifs is 1. The molecule has 0 spiro atoms. The minimum absolute atomic E-state index is 0.225. The summed E-state index contributed by atoms with van der Waals surface area (Å²) in [7, 11) is 1.60. The molecule has 1 saturated carbocycles. The van der Waals surface area contributed by atoms with Crippen LogP contribution in [0.15, 0.2) is 24.3 Å². The first-order valence-electron chi connectivity index (χ1n) is 11.3. The Bertz CT molecular complexity index is 783. The monoisotopic (exact) mass is 430 g/mol. The quantitative estimate of drug-likeness (QED) is 0.692. The molecule has 4 rings (SSSR count). The smallest absolute Gasteiger partial charge is 0.319 e. The molecule has 2 saturated heterocycles. The van der Waals surface area contributed by atoms with E-state index in [2.05, 4.69) is 27.4 Å². The average molecular weight is 431 g/mol. The second kappa shape index (κ2) is 9.87. The highest BCUT2D eigenvalue weighted by molar-refractivity contribution is 5.89. The zero-order chi connectivity index (χ0) is 21.8. The maximum atomic E-state index is 12.7. The maximum absolute atomic E-state index is 12.7. The highest BCUT2D eigenvalue weighted by Gasteiger charge is 2.50. The van der Waals surface area contributed by atoms with Crippen LogP contribution in [0.1, 0.15) is 19.8 Å². The highest BCUT2D eigenvalue weighted by atomic mass is 16.5. The van der Waals surface area contributed by atoms with Crippen molar-refractivity contribution >= 4 is 17.6 Å². The van der Waals surface area contributed by atoms with Gasteiger partial charge in [-0.1, -0.05) is 13.0 Å². The van der Waals surface area contributed by atoms with Crippen LogP contribution in [-0.2, 0) is 9.53 Å². The number of benzene rings is 1. The van der Waals surface area contributed by atoms with Crippen LogP contribution in [-0.4, -0.2) is 80.8 Å². The molecular weight excluding hydrogens is 396 g/mol. The third kappa shape index (κ3) is 5.13. The Morgan fingerprint density at radius 2 is 2.06 bits per heavy atom. The first-order valence-corrected chi connectivity index (χ1v) is 11.3. The van der Waals surface area contributed by atoms with E-state index in [9.17, 15) is 9.59 Å². The van der Waals surface area contributed by atoms with Gasteiger partial charge in [-0.05, 0) is 36.3 Å². The van der Waals surface area contributed by atoms with Crippen molar-refractivity contribution in [2.75, 3.05) is 58.4 Å². The summed E-state index contributed by atoms with van der Waals surface area (Å²) in [5.74, 6) is 2.08. The Morgan fingerprint density at radius 3 is 2.84 bits per heavy atom. The average Bonchev–Trinajstić information content (AvgIpc) is 3.24. The number of nitrogens with one attached hydrogen (secondary N) is 2. The normalized spacial score (nSPS) is 28.5. The number of nitrogens with zero attached hydrogens (tertiary/aromatic N) is 2. The lowest BCUT2D eigenvalue weighted by molar-refractivity contribution is -0.129. The van der Waals surface area contributed by atoms with Crippen molar-refractivity contribution in [1.29, 1.82) is 0 Å². The maximum Gasteiger partial charge on any atom is 0.319 e. The molecule has 2 heterocycles. The molecule has 31 heavy (non-hydrogen) atoms. The van der Waals surface area contributed by atoms with Crippen molar-refractivity contribution in [2.24, 2.45) is 17.8 Å². The molecule has 0 bridgehead atoms. The number of amides is 3. The molecule has 1 aliphatic carbocycles. The van der Waals surface area contributed by atoms with Gasteiger partial charge >= 0.3 is 6.03 Å². The Balaban J connectivity index is 1.28. The fraction of sp³-hybridized carbons (Fsp3) is 0.652. The van der Waals surface area contributed by atoms with Crippen molar-refractivity contribution < 1.29 is 19.1 Å². The van der Waals surface area contributed by atoms with Crippen molar-refractivity contribution in [2.45, 2.75) is 25.8 Å². The molecule has 0 radical (unpaired) electrons. The van der Waals surface area contributed by atoms with Crippen LogP contribution in [0.5, 0.6) is 5.75 Å². The van der Waals surface area contributed by atoms with Gasteiger partial charge in [0.25, 0.3) is 0 Å². The lowest BCUT2D eigenvalue weighted by Gasteiger charge is -2.31. The molecule has 3 fully saturated rings. The molecule has 1 aromatic rings. The van der Waals surface area contributed by atoms with E-state index in [1.54, 1.807) is 13.2 Å². The number of rotatable bonds is 7. The molecule has 1 aromatic carbocycles. The summed E-state index contributed by atoms with van der Waals surface area (Å²) in [4.78, 5) is 29.6. The third-order valence-electron chi connectivity index (χ3n) is 7.11. The summed E-state index contributed by atoms with van der Waals surface area (Å²) < 4.78 is 10.6. The molecule has 170 valence electrons. The lowest BCUT2D eigenvalue weighted by atomic mass is 9.88. The zero-order valence-electron chi connectivity index (χ0n) is 18.5. The van der Waals surface area contributed by atoms with E-state index in [1.807, 2.05) is 18.2 Å². The second-order valence-electron chi connectivity index (χ2n) is 8.92. The van der Waals surface area contributed by atoms with Crippen molar-refractivity contribution in [1.82, 2.24) is 15.1 Å². The van der Waals surface area contributed by atoms with Gasteiger partial charge in [-0.2, -0.15) is 0 Å². The molecular formula is C23H34N4O4. The number of hydrogen-bond donors (Lipinski definition) is 2. The number of hydrogen-bond acceptors (Lipinski definition) is 5. The molecule has 8 heteroatoms. The van der Waals surface area contributed by atoms with Crippen LogP contribution in [0, 0.1) is 17.8 Å². The minimum atomic E-state index is -0.225. The standard InChI is InChI=1S/C23H34N4O4/c1-16-12-21-19(14-22(28)27(21)7-6-26-8-10-31-11-9-26)20(16)15-24-23(29)25-17-4-3-5-18(13-17)30-2/h3-5,13,16,19-21H,6-12,14-15H2,1-2H3,(H2,24,25,29)/t16-,19-,20+,21+/m0/s1. The molecule has 2 N–H and O–H groups in total. The fourth-order valence-corrected chi connectivity index (χ4v) is 5.39. The van der Waals surface area contributed by atoms with Gasteiger partial charge in [0, 0.05) is 56.9 Å². The molecule has 2 aliphatic heterocycles. The molecule has 0 unspecified atom stereocenters. The van der Waals surface area contributed by atoms with Crippen LogP contribution < -0.4 is 15.4 Å². The summed E-state index contributed by atoms with van der Waals surface area (Å²) in [6.45, 7) is 7.99. The van der Waals surface area contributed by atoms with Crippen LogP contribution in [0.2, 0.25) is 0 Å². The van der Waals surface area contributed by atoms with Crippen molar-refractivity contribution in [3.8, 4) is 5.75 Å². The molecule has 3 aliphatic rings. The Morgan fingerprint density at radius 1 is 1.26 bits per heavy atom. The SMILES string of the molecule is COc1cccc(NC(=O)NC[C@H]2[C@@H]3CC(=O)N(CCN4CCOCC4)[C@@H]3C[C@@H]2C)c1. The van der Waals surface area contributed by atoms with Gasteiger partial charge in [0.2, 0.25) is 5.91 Å². The Kier molecular flexibility index (Phi) is 6.97. The molecule has 4 atom stereocenters. The minimum Gasteiger partial charge on any atom is -0.497 e. The number of methoxy groups -OCH3 is 1. The number of urea groups is 1. The summed E-state index contributed by atoms with van der Waals surface area (Å²) in [5, 5.41) is 5.89. The summed E-state index contributed by atoms with van der Waals surface area (Å²) in [6, 6.07) is 7.38. The first-order chi connectivity index (χ1) is 15.0. The number of morpholine rings is 1. The number of likely N-dealkylation sites (tertiary alicyclic amines) is 1. The topological polar surface area (TPSA) is 83.1 Å².